The van der Waals surface area contributed by atoms with E-state index in [1.807, 2.05) is 49.4 Å². The van der Waals surface area contributed by atoms with Gasteiger partial charge >= 0.3 is 0 Å². The van der Waals surface area contributed by atoms with Crippen LogP contribution < -0.4 is 10.1 Å². The second kappa shape index (κ2) is 6.88. The van der Waals surface area contributed by atoms with Crippen LogP contribution in [0.15, 0.2) is 57.5 Å². The Labute approximate surface area is 147 Å². The Morgan fingerprint density at radius 1 is 1.21 bits per heavy atom. The van der Waals surface area contributed by atoms with Crippen molar-refractivity contribution in [1.29, 1.82) is 0 Å². The summed E-state index contributed by atoms with van der Waals surface area (Å²) in [6, 6.07) is 14.6. The third-order valence-electron chi connectivity index (χ3n) is 3.55. The van der Waals surface area contributed by atoms with E-state index in [2.05, 4.69) is 26.4 Å². The Morgan fingerprint density at radius 2 is 2.00 bits per heavy atom. The van der Waals surface area contributed by atoms with Crippen molar-refractivity contribution in [1.82, 2.24) is 5.16 Å². The standard InChI is InChI=1S/C18H15BrN2O3/c1-11-9-12(19)7-8-14(11)20-18(22)15-10-17(24-21-15)13-5-3-4-6-16(13)23-2/h3-10H,1-2H3,(H,20,22). The van der Waals surface area contributed by atoms with E-state index in [0.717, 1.165) is 21.3 Å². The lowest BCUT2D eigenvalue weighted by Gasteiger charge is -2.06. The molecule has 1 amide bonds. The van der Waals surface area contributed by atoms with Gasteiger partial charge in [0.2, 0.25) is 0 Å². The van der Waals surface area contributed by atoms with Crippen LogP contribution in [-0.4, -0.2) is 18.2 Å². The van der Waals surface area contributed by atoms with Crippen molar-refractivity contribution in [3.63, 3.8) is 0 Å². The number of rotatable bonds is 4. The number of hydrogen-bond donors (Lipinski definition) is 1. The highest BCUT2D eigenvalue weighted by Gasteiger charge is 2.16. The molecule has 3 aromatic rings. The van der Waals surface area contributed by atoms with Crippen LogP contribution >= 0.6 is 15.9 Å². The van der Waals surface area contributed by atoms with Gasteiger partial charge < -0.3 is 14.6 Å². The van der Waals surface area contributed by atoms with E-state index in [-0.39, 0.29) is 11.6 Å². The summed E-state index contributed by atoms with van der Waals surface area (Å²) in [5.41, 5.74) is 2.63. The van der Waals surface area contributed by atoms with Gasteiger partial charge in [0, 0.05) is 16.2 Å². The number of methoxy groups -OCH3 is 1. The zero-order valence-corrected chi connectivity index (χ0v) is 14.8. The van der Waals surface area contributed by atoms with Gasteiger partial charge in [0.05, 0.1) is 12.7 Å². The van der Waals surface area contributed by atoms with E-state index in [9.17, 15) is 4.79 Å². The highest BCUT2D eigenvalue weighted by molar-refractivity contribution is 9.10. The number of para-hydroxylation sites is 1. The molecule has 5 nitrogen and oxygen atoms in total. The average Bonchev–Trinajstić information content (AvgIpc) is 3.07. The summed E-state index contributed by atoms with van der Waals surface area (Å²) in [7, 11) is 1.58. The van der Waals surface area contributed by atoms with Crippen molar-refractivity contribution in [3.8, 4) is 17.1 Å². The average molecular weight is 387 g/mol. The van der Waals surface area contributed by atoms with Gasteiger partial charge in [-0.1, -0.05) is 33.2 Å². The molecule has 0 bridgehead atoms. The number of hydrogen-bond acceptors (Lipinski definition) is 4. The molecule has 0 saturated carbocycles. The minimum Gasteiger partial charge on any atom is -0.496 e. The molecule has 0 atom stereocenters. The van der Waals surface area contributed by atoms with E-state index in [1.54, 1.807) is 13.2 Å². The number of aromatic nitrogens is 1. The van der Waals surface area contributed by atoms with Crippen molar-refractivity contribution >= 4 is 27.5 Å². The maximum atomic E-state index is 12.4. The van der Waals surface area contributed by atoms with Crippen molar-refractivity contribution in [2.24, 2.45) is 0 Å². The lowest BCUT2D eigenvalue weighted by atomic mass is 10.1. The van der Waals surface area contributed by atoms with Gasteiger partial charge in [-0.25, -0.2) is 0 Å². The molecular weight excluding hydrogens is 372 g/mol. The quantitative estimate of drug-likeness (QED) is 0.707. The smallest absolute Gasteiger partial charge is 0.277 e. The number of nitrogens with zero attached hydrogens (tertiary/aromatic N) is 1. The molecule has 0 fully saturated rings. The number of carbonyl (C=O) groups is 1. The van der Waals surface area contributed by atoms with Crippen molar-refractivity contribution in [2.75, 3.05) is 12.4 Å². The summed E-state index contributed by atoms with van der Waals surface area (Å²) in [5.74, 6) is 0.805. The van der Waals surface area contributed by atoms with Gasteiger partial charge in [0.25, 0.3) is 5.91 Å². The summed E-state index contributed by atoms with van der Waals surface area (Å²) in [6.07, 6.45) is 0. The number of halogens is 1. The van der Waals surface area contributed by atoms with Crippen LogP contribution in [0.2, 0.25) is 0 Å². The molecule has 0 radical (unpaired) electrons. The number of ether oxygens (including phenoxy) is 1. The van der Waals surface area contributed by atoms with Gasteiger partial charge in [-0.3, -0.25) is 4.79 Å². The third kappa shape index (κ3) is 3.33. The highest BCUT2D eigenvalue weighted by Crippen LogP contribution is 2.30. The Morgan fingerprint density at radius 3 is 2.75 bits per heavy atom. The fraction of sp³-hybridized carbons (Fsp3) is 0.111. The molecule has 1 aromatic heterocycles. The lowest BCUT2D eigenvalue weighted by Crippen LogP contribution is -2.13. The Bertz CT molecular complexity index is 889. The SMILES string of the molecule is COc1ccccc1-c1cc(C(=O)Nc2ccc(Br)cc2C)no1. The molecule has 1 N–H and O–H groups in total. The fourth-order valence-corrected chi connectivity index (χ4v) is 2.79. The van der Waals surface area contributed by atoms with E-state index in [4.69, 9.17) is 9.26 Å². The second-order valence-corrected chi connectivity index (χ2v) is 6.11. The number of anilines is 1. The van der Waals surface area contributed by atoms with E-state index < -0.39 is 0 Å². The fourth-order valence-electron chi connectivity index (χ4n) is 2.31. The van der Waals surface area contributed by atoms with Gasteiger partial charge in [-0.15, -0.1) is 0 Å². The number of aryl methyl sites for hydroxylation is 1. The molecule has 1 heterocycles. The van der Waals surface area contributed by atoms with Gasteiger partial charge in [0.1, 0.15) is 5.75 Å². The molecule has 0 aliphatic heterocycles. The molecule has 122 valence electrons. The zero-order valence-electron chi connectivity index (χ0n) is 13.2. The zero-order chi connectivity index (χ0) is 17.1. The minimum atomic E-state index is -0.328. The molecule has 3 rings (SSSR count). The van der Waals surface area contributed by atoms with Gasteiger partial charge in [-0.05, 0) is 42.8 Å². The van der Waals surface area contributed by atoms with Crippen molar-refractivity contribution in [3.05, 3.63) is 64.3 Å². The normalized spacial score (nSPS) is 10.5. The number of nitrogens with one attached hydrogen (secondary N) is 1. The third-order valence-corrected chi connectivity index (χ3v) is 4.05. The first-order valence-electron chi connectivity index (χ1n) is 7.26. The number of benzene rings is 2. The molecule has 6 heteroatoms. The number of carbonyl (C=O) groups excluding carboxylic acids is 1. The van der Waals surface area contributed by atoms with Crippen LogP contribution in [0.3, 0.4) is 0 Å². The maximum Gasteiger partial charge on any atom is 0.277 e. The Balaban J connectivity index is 1.83. The summed E-state index contributed by atoms with van der Waals surface area (Å²) < 4.78 is 11.6. The number of amides is 1. The van der Waals surface area contributed by atoms with E-state index >= 15 is 0 Å². The summed E-state index contributed by atoms with van der Waals surface area (Å²) in [6.45, 7) is 1.92. The summed E-state index contributed by atoms with van der Waals surface area (Å²) in [5, 5.41) is 6.69. The van der Waals surface area contributed by atoms with Crippen LogP contribution in [0.25, 0.3) is 11.3 Å². The first-order valence-corrected chi connectivity index (χ1v) is 8.05. The molecule has 0 saturated heterocycles. The minimum absolute atomic E-state index is 0.207. The van der Waals surface area contributed by atoms with Gasteiger partial charge in [0.15, 0.2) is 11.5 Å². The van der Waals surface area contributed by atoms with Crippen LogP contribution in [0, 0.1) is 6.92 Å². The van der Waals surface area contributed by atoms with Crippen LogP contribution in [-0.2, 0) is 0 Å². The largest absolute Gasteiger partial charge is 0.496 e. The highest BCUT2D eigenvalue weighted by atomic mass is 79.9. The van der Waals surface area contributed by atoms with Crippen molar-refractivity contribution < 1.29 is 14.1 Å². The maximum absolute atomic E-state index is 12.4. The Hall–Kier alpha value is -2.60. The monoisotopic (exact) mass is 386 g/mol. The summed E-state index contributed by atoms with van der Waals surface area (Å²) in [4.78, 5) is 12.4. The molecule has 0 aliphatic rings. The predicted octanol–water partition coefficient (Wildman–Crippen LogP) is 4.67. The Kier molecular flexibility index (Phi) is 4.66. The second-order valence-electron chi connectivity index (χ2n) is 5.19. The topological polar surface area (TPSA) is 64.4 Å². The predicted molar refractivity (Wildman–Crippen MR) is 95.3 cm³/mol. The van der Waals surface area contributed by atoms with E-state index in [1.165, 1.54) is 0 Å². The molecule has 24 heavy (non-hydrogen) atoms. The van der Waals surface area contributed by atoms with Crippen LogP contribution in [0.5, 0.6) is 5.75 Å². The lowest BCUT2D eigenvalue weighted by molar-refractivity contribution is 0.101. The van der Waals surface area contributed by atoms with Crippen LogP contribution in [0.1, 0.15) is 16.1 Å². The van der Waals surface area contributed by atoms with E-state index in [0.29, 0.717) is 11.5 Å². The first-order chi connectivity index (χ1) is 11.6. The summed E-state index contributed by atoms with van der Waals surface area (Å²) >= 11 is 3.40. The molecule has 0 aliphatic carbocycles. The van der Waals surface area contributed by atoms with Gasteiger partial charge in [-0.2, -0.15) is 0 Å². The van der Waals surface area contributed by atoms with Crippen LogP contribution in [0.4, 0.5) is 5.69 Å². The first kappa shape index (κ1) is 16.3. The molecule has 0 unspecified atom stereocenters. The molecular formula is C18H15BrN2O3. The van der Waals surface area contributed by atoms with Crippen molar-refractivity contribution in [2.45, 2.75) is 6.92 Å². The molecule has 0 spiro atoms. The molecule has 2 aromatic carbocycles.